The zero-order valence-corrected chi connectivity index (χ0v) is 9.08. The fourth-order valence-electron chi connectivity index (χ4n) is 1.01. The van der Waals surface area contributed by atoms with Crippen LogP contribution in [0, 0.1) is 5.92 Å². The maximum absolute atomic E-state index is 5.84. The van der Waals surface area contributed by atoms with Crippen molar-refractivity contribution in [2.75, 3.05) is 26.9 Å². The summed E-state index contributed by atoms with van der Waals surface area (Å²) < 4.78 is 10.2. The Balaban J connectivity index is 3.15. The number of hydrogen-bond donors (Lipinski definition) is 1. The van der Waals surface area contributed by atoms with Crippen molar-refractivity contribution in [1.29, 1.82) is 0 Å². The molecule has 1 unspecified atom stereocenters. The summed E-state index contributed by atoms with van der Waals surface area (Å²) in [6.45, 7) is 6.36. The van der Waals surface area contributed by atoms with E-state index in [9.17, 15) is 0 Å². The highest BCUT2D eigenvalue weighted by atomic mass is 16.5. The van der Waals surface area contributed by atoms with E-state index in [1.165, 1.54) is 6.42 Å². The van der Waals surface area contributed by atoms with E-state index < -0.39 is 0 Å². The van der Waals surface area contributed by atoms with Gasteiger partial charge in [-0.25, -0.2) is 0 Å². The van der Waals surface area contributed by atoms with E-state index in [-0.39, 0.29) is 6.04 Å². The number of nitrogens with two attached hydrogens (primary N) is 1. The molecule has 0 saturated carbocycles. The van der Waals surface area contributed by atoms with Crippen LogP contribution in [0.4, 0.5) is 0 Å². The highest BCUT2D eigenvalue weighted by Gasteiger charge is 2.03. The Morgan fingerprint density at radius 1 is 1.15 bits per heavy atom. The van der Waals surface area contributed by atoms with Gasteiger partial charge in [-0.15, -0.1) is 0 Å². The standard InChI is InChI=1S/C10H23NO2/c1-9(2)4-5-10(11)8-13-7-6-12-3/h9-10H,4-8,11H2,1-3H3. The summed E-state index contributed by atoms with van der Waals surface area (Å²) in [6.07, 6.45) is 2.22. The average molecular weight is 189 g/mol. The molecule has 13 heavy (non-hydrogen) atoms. The average Bonchev–Trinajstić information content (AvgIpc) is 2.09. The van der Waals surface area contributed by atoms with E-state index >= 15 is 0 Å². The molecular formula is C10H23NO2. The van der Waals surface area contributed by atoms with E-state index in [1.54, 1.807) is 7.11 Å². The summed E-state index contributed by atoms with van der Waals surface area (Å²) in [5, 5.41) is 0. The fraction of sp³-hybridized carbons (Fsp3) is 1.00. The summed E-state index contributed by atoms with van der Waals surface area (Å²) in [6, 6.07) is 0.180. The van der Waals surface area contributed by atoms with Crippen molar-refractivity contribution in [1.82, 2.24) is 0 Å². The summed E-state index contributed by atoms with van der Waals surface area (Å²) in [5.74, 6) is 0.727. The van der Waals surface area contributed by atoms with Gasteiger partial charge in [0.15, 0.2) is 0 Å². The third-order valence-electron chi connectivity index (χ3n) is 1.88. The minimum atomic E-state index is 0.180. The van der Waals surface area contributed by atoms with Crippen molar-refractivity contribution < 1.29 is 9.47 Å². The van der Waals surface area contributed by atoms with Crippen LogP contribution in [-0.2, 0) is 9.47 Å². The molecule has 0 radical (unpaired) electrons. The maximum Gasteiger partial charge on any atom is 0.0701 e. The van der Waals surface area contributed by atoms with Gasteiger partial charge in [0.05, 0.1) is 19.8 Å². The van der Waals surface area contributed by atoms with Crippen LogP contribution in [0.1, 0.15) is 26.7 Å². The zero-order valence-electron chi connectivity index (χ0n) is 9.08. The topological polar surface area (TPSA) is 44.5 Å². The minimum absolute atomic E-state index is 0.180. The molecule has 0 spiro atoms. The van der Waals surface area contributed by atoms with Gasteiger partial charge in [-0.1, -0.05) is 13.8 Å². The maximum atomic E-state index is 5.84. The lowest BCUT2D eigenvalue weighted by molar-refractivity contribution is 0.0620. The van der Waals surface area contributed by atoms with Crippen molar-refractivity contribution in [2.24, 2.45) is 11.7 Å². The Morgan fingerprint density at radius 2 is 1.85 bits per heavy atom. The molecule has 0 aromatic heterocycles. The zero-order chi connectivity index (χ0) is 10.1. The molecule has 3 heteroatoms. The van der Waals surface area contributed by atoms with Gasteiger partial charge < -0.3 is 15.2 Å². The Hall–Kier alpha value is -0.120. The predicted molar refractivity (Wildman–Crippen MR) is 54.7 cm³/mol. The van der Waals surface area contributed by atoms with Crippen LogP contribution >= 0.6 is 0 Å². The molecule has 0 heterocycles. The molecule has 0 bridgehead atoms. The molecule has 3 nitrogen and oxygen atoms in total. The molecule has 0 aromatic rings. The molecule has 80 valence electrons. The van der Waals surface area contributed by atoms with Gasteiger partial charge in [0.2, 0.25) is 0 Å². The van der Waals surface area contributed by atoms with Crippen molar-refractivity contribution in [3.05, 3.63) is 0 Å². The molecule has 0 aromatic carbocycles. The van der Waals surface area contributed by atoms with Crippen molar-refractivity contribution in [3.8, 4) is 0 Å². The van der Waals surface area contributed by atoms with Crippen LogP contribution in [0.15, 0.2) is 0 Å². The number of rotatable bonds is 8. The van der Waals surface area contributed by atoms with Gasteiger partial charge in [-0.3, -0.25) is 0 Å². The van der Waals surface area contributed by atoms with Crippen LogP contribution < -0.4 is 5.73 Å². The minimum Gasteiger partial charge on any atom is -0.382 e. The number of methoxy groups -OCH3 is 1. The van der Waals surface area contributed by atoms with E-state index in [0.29, 0.717) is 19.8 Å². The van der Waals surface area contributed by atoms with Gasteiger partial charge in [-0.05, 0) is 18.8 Å². The number of hydrogen-bond acceptors (Lipinski definition) is 3. The summed E-state index contributed by atoms with van der Waals surface area (Å²) in [7, 11) is 1.67. The van der Waals surface area contributed by atoms with Gasteiger partial charge in [0.1, 0.15) is 0 Å². The normalized spacial score (nSPS) is 13.6. The van der Waals surface area contributed by atoms with Gasteiger partial charge in [-0.2, -0.15) is 0 Å². The van der Waals surface area contributed by atoms with Crippen LogP contribution in [0.25, 0.3) is 0 Å². The Labute approximate surface area is 81.6 Å². The molecule has 0 aliphatic carbocycles. The molecule has 2 N–H and O–H groups in total. The van der Waals surface area contributed by atoms with E-state index in [2.05, 4.69) is 13.8 Å². The Morgan fingerprint density at radius 3 is 2.38 bits per heavy atom. The monoisotopic (exact) mass is 189 g/mol. The predicted octanol–water partition coefficient (Wildman–Crippen LogP) is 1.41. The van der Waals surface area contributed by atoms with Gasteiger partial charge in [0.25, 0.3) is 0 Å². The first-order valence-electron chi connectivity index (χ1n) is 4.99. The first-order chi connectivity index (χ1) is 6.16. The Bertz CT molecular complexity index is 107. The third kappa shape index (κ3) is 9.80. The van der Waals surface area contributed by atoms with Crippen molar-refractivity contribution in [2.45, 2.75) is 32.7 Å². The first kappa shape index (κ1) is 12.9. The SMILES string of the molecule is COCCOCC(N)CCC(C)C. The number of ether oxygens (including phenoxy) is 2. The van der Waals surface area contributed by atoms with E-state index in [1.807, 2.05) is 0 Å². The lowest BCUT2D eigenvalue weighted by Crippen LogP contribution is -2.27. The molecule has 0 fully saturated rings. The smallest absolute Gasteiger partial charge is 0.0701 e. The fourth-order valence-corrected chi connectivity index (χ4v) is 1.01. The second kappa shape index (κ2) is 8.48. The van der Waals surface area contributed by atoms with Crippen LogP contribution in [0.3, 0.4) is 0 Å². The summed E-state index contributed by atoms with van der Waals surface area (Å²) in [5.41, 5.74) is 5.84. The molecule has 0 saturated heterocycles. The summed E-state index contributed by atoms with van der Waals surface area (Å²) >= 11 is 0. The van der Waals surface area contributed by atoms with Crippen LogP contribution in [0.2, 0.25) is 0 Å². The van der Waals surface area contributed by atoms with Crippen LogP contribution in [0.5, 0.6) is 0 Å². The molecule has 0 aliphatic rings. The highest BCUT2D eigenvalue weighted by molar-refractivity contribution is 4.61. The molecule has 1 atom stereocenters. The van der Waals surface area contributed by atoms with Crippen molar-refractivity contribution in [3.63, 3.8) is 0 Å². The van der Waals surface area contributed by atoms with Gasteiger partial charge >= 0.3 is 0 Å². The molecule has 0 aliphatic heterocycles. The summed E-state index contributed by atoms with van der Waals surface area (Å²) in [4.78, 5) is 0. The Kier molecular flexibility index (Phi) is 8.40. The largest absolute Gasteiger partial charge is 0.382 e. The lowest BCUT2D eigenvalue weighted by Gasteiger charge is -2.13. The lowest BCUT2D eigenvalue weighted by atomic mass is 10.0. The highest BCUT2D eigenvalue weighted by Crippen LogP contribution is 2.05. The van der Waals surface area contributed by atoms with Crippen LogP contribution in [-0.4, -0.2) is 33.0 Å². The molecular weight excluding hydrogens is 166 g/mol. The molecule has 0 rings (SSSR count). The third-order valence-corrected chi connectivity index (χ3v) is 1.88. The quantitative estimate of drug-likeness (QED) is 0.587. The van der Waals surface area contributed by atoms with E-state index in [0.717, 1.165) is 12.3 Å². The second-order valence-corrected chi connectivity index (χ2v) is 3.80. The van der Waals surface area contributed by atoms with Crippen molar-refractivity contribution >= 4 is 0 Å². The van der Waals surface area contributed by atoms with E-state index in [4.69, 9.17) is 15.2 Å². The second-order valence-electron chi connectivity index (χ2n) is 3.80. The molecule has 0 amide bonds. The van der Waals surface area contributed by atoms with Gasteiger partial charge in [0, 0.05) is 13.2 Å². The first-order valence-corrected chi connectivity index (χ1v) is 4.99.